The molecule has 1 heterocycles. The van der Waals surface area contributed by atoms with Crippen LogP contribution < -0.4 is 0 Å². The highest BCUT2D eigenvalue weighted by Crippen LogP contribution is 2.15. The molecule has 0 bridgehead atoms. The molecular weight excluding hydrogens is 276 g/mol. The van der Waals surface area contributed by atoms with Gasteiger partial charge in [0.2, 0.25) is 0 Å². The van der Waals surface area contributed by atoms with Gasteiger partial charge >= 0.3 is 0 Å². The first-order valence-electron chi connectivity index (χ1n) is 6.82. The van der Waals surface area contributed by atoms with E-state index in [-0.39, 0.29) is 5.91 Å². The maximum atomic E-state index is 12.5. The average Bonchev–Trinajstić information content (AvgIpc) is 2.61. The summed E-state index contributed by atoms with van der Waals surface area (Å²) in [6, 6.07) is 7.08. The molecule has 1 aromatic rings. The molecule has 0 spiro atoms. The van der Waals surface area contributed by atoms with Gasteiger partial charge in [0.1, 0.15) is 0 Å². The number of nitrogens with zero attached hydrogens (tertiary/aromatic N) is 2. The highest BCUT2D eigenvalue weighted by molar-refractivity contribution is 6.30. The van der Waals surface area contributed by atoms with Crippen LogP contribution in [0.4, 0.5) is 0 Å². The quantitative estimate of drug-likeness (QED) is 0.855. The minimum absolute atomic E-state index is 0.0677. The molecule has 2 rings (SSSR count). The van der Waals surface area contributed by atoms with Gasteiger partial charge < -0.3 is 14.5 Å². The third kappa shape index (κ3) is 3.95. The van der Waals surface area contributed by atoms with E-state index in [0.717, 1.165) is 26.2 Å². The Hall–Kier alpha value is -1.10. The number of hydrogen-bond donors (Lipinski definition) is 0. The molecule has 0 aromatic heterocycles. The van der Waals surface area contributed by atoms with E-state index < -0.39 is 0 Å². The van der Waals surface area contributed by atoms with Crippen LogP contribution in [0.25, 0.3) is 0 Å². The van der Waals surface area contributed by atoms with E-state index in [4.69, 9.17) is 16.3 Å². The number of methoxy groups -OCH3 is 1. The van der Waals surface area contributed by atoms with Crippen LogP contribution in [0.1, 0.15) is 10.4 Å². The molecule has 1 atom stereocenters. The summed E-state index contributed by atoms with van der Waals surface area (Å²) in [5.41, 5.74) is 0.690. The van der Waals surface area contributed by atoms with Crippen molar-refractivity contribution in [3.8, 4) is 0 Å². The number of ether oxygens (including phenoxy) is 1. The van der Waals surface area contributed by atoms with Crippen LogP contribution in [0.5, 0.6) is 0 Å². The first kappa shape index (κ1) is 15.3. The second-order valence-electron chi connectivity index (χ2n) is 5.34. The van der Waals surface area contributed by atoms with Crippen LogP contribution in [-0.4, -0.2) is 62.7 Å². The molecule has 0 unspecified atom stereocenters. The fourth-order valence-corrected chi connectivity index (χ4v) is 2.71. The molecule has 1 fully saturated rings. The predicted octanol–water partition coefficient (Wildman–Crippen LogP) is 1.99. The molecular formula is C15H21ClN2O2. The summed E-state index contributed by atoms with van der Waals surface area (Å²) in [5, 5.41) is 0.648. The number of carbonyl (C=O) groups is 1. The van der Waals surface area contributed by atoms with Gasteiger partial charge in [-0.1, -0.05) is 11.6 Å². The molecule has 5 heteroatoms. The number of likely N-dealkylation sites (N-methyl/N-ethyl adjacent to an activating group) is 1. The first-order chi connectivity index (χ1) is 9.60. The number of rotatable bonds is 3. The minimum atomic E-state index is 0.0677. The summed E-state index contributed by atoms with van der Waals surface area (Å²) in [6.45, 7) is 4.00. The Kier molecular flexibility index (Phi) is 5.40. The van der Waals surface area contributed by atoms with E-state index in [1.165, 1.54) is 0 Å². The van der Waals surface area contributed by atoms with Crippen molar-refractivity contribution in [3.63, 3.8) is 0 Å². The topological polar surface area (TPSA) is 32.8 Å². The molecule has 1 amide bonds. The molecule has 0 saturated carbocycles. The Bertz CT molecular complexity index is 450. The monoisotopic (exact) mass is 296 g/mol. The first-order valence-corrected chi connectivity index (χ1v) is 7.20. The Labute approximate surface area is 125 Å². The minimum Gasteiger partial charge on any atom is -0.384 e. The number of carbonyl (C=O) groups excluding carboxylic acids is 1. The zero-order chi connectivity index (χ0) is 14.5. The summed E-state index contributed by atoms with van der Waals surface area (Å²) in [6.07, 6.45) is 0. The molecule has 1 aliphatic rings. The maximum absolute atomic E-state index is 12.5. The Morgan fingerprint density at radius 3 is 2.65 bits per heavy atom. The average molecular weight is 297 g/mol. The molecule has 0 N–H and O–H groups in total. The third-order valence-corrected chi connectivity index (χ3v) is 3.83. The van der Waals surface area contributed by atoms with Crippen molar-refractivity contribution in [2.45, 2.75) is 0 Å². The van der Waals surface area contributed by atoms with Crippen molar-refractivity contribution >= 4 is 17.5 Å². The van der Waals surface area contributed by atoms with Crippen molar-refractivity contribution in [1.82, 2.24) is 9.80 Å². The predicted molar refractivity (Wildman–Crippen MR) is 80.2 cm³/mol. The summed E-state index contributed by atoms with van der Waals surface area (Å²) >= 11 is 5.86. The second kappa shape index (κ2) is 7.07. The van der Waals surface area contributed by atoms with E-state index in [0.29, 0.717) is 23.1 Å². The lowest BCUT2D eigenvalue weighted by Gasteiger charge is -2.23. The number of benzene rings is 1. The Morgan fingerprint density at radius 2 is 2.00 bits per heavy atom. The normalized spacial score (nSPS) is 20.8. The molecule has 0 aliphatic carbocycles. The third-order valence-electron chi connectivity index (χ3n) is 3.58. The van der Waals surface area contributed by atoms with Crippen LogP contribution in [0.3, 0.4) is 0 Å². The summed E-state index contributed by atoms with van der Waals surface area (Å²) in [5.74, 6) is 0.418. The van der Waals surface area contributed by atoms with E-state index in [1.54, 1.807) is 31.4 Å². The van der Waals surface area contributed by atoms with Gasteiger partial charge in [0.25, 0.3) is 5.91 Å². The SMILES string of the molecule is COC[C@H]1CN(C)CCN(C(=O)c2ccc(Cl)cc2)C1. The Morgan fingerprint density at radius 1 is 1.30 bits per heavy atom. The molecule has 0 radical (unpaired) electrons. The zero-order valence-electron chi connectivity index (χ0n) is 12.0. The van der Waals surface area contributed by atoms with Gasteiger partial charge in [0.05, 0.1) is 6.61 Å². The highest BCUT2D eigenvalue weighted by Gasteiger charge is 2.24. The fraction of sp³-hybridized carbons (Fsp3) is 0.533. The summed E-state index contributed by atoms with van der Waals surface area (Å²) in [7, 11) is 3.79. The van der Waals surface area contributed by atoms with Crippen LogP contribution in [0, 0.1) is 5.92 Å². The van der Waals surface area contributed by atoms with Crippen molar-refractivity contribution in [3.05, 3.63) is 34.9 Å². The summed E-state index contributed by atoms with van der Waals surface area (Å²) in [4.78, 5) is 16.7. The number of halogens is 1. The largest absolute Gasteiger partial charge is 0.384 e. The molecule has 1 saturated heterocycles. The molecule has 20 heavy (non-hydrogen) atoms. The standard InChI is InChI=1S/C15H21ClN2O2/c1-17-7-8-18(10-12(9-17)11-20-2)15(19)13-3-5-14(16)6-4-13/h3-6,12H,7-11H2,1-2H3/t12-/m0/s1. The van der Waals surface area contributed by atoms with Gasteiger partial charge in [0.15, 0.2) is 0 Å². The van der Waals surface area contributed by atoms with Gasteiger partial charge in [-0.2, -0.15) is 0 Å². The van der Waals surface area contributed by atoms with Crippen molar-refractivity contribution in [2.75, 3.05) is 46.9 Å². The van der Waals surface area contributed by atoms with Gasteiger partial charge in [-0.05, 0) is 31.3 Å². The highest BCUT2D eigenvalue weighted by atomic mass is 35.5. The maximum Gasteiger partial charge on any atom is 0.253 e. The lowest BCUT2D eigenvalue weighted by Crippen LogP contribution is -2.36. The Balaban J connectivity index is 2.09. The van der Waals surface area contributed by atoms with Gasteiger partial charge in [-0.25, -0.2) is 0 Å². The van der Waals surface area contributed by atoms with Crippen molar-refractivity contribution < 1.29 is 9.53 Å². The smallest absolute Gasteiger partial charge is 0.253 e. The van der Waals surface area contributed by atoms with E-state index in [9.17, 15) is 4.79 Å². The van der Waals surface area contributed by atoms with Gasteiger partial charge in [0, 0.05) is 49.8 Å². The van der Waals surface area contributed by atoms with E-state index in [2.05, 4.69) is 11.9 Å². The van der Waals surface area contributed by atoms with Crippen LogP contribution in [0.2, 0.25) is 5.02 Å². The van der Waals surface area contributed by atoms with E-state index >= 15 is 0 Å². The lowest BCUT2D eigenvalue weighted by atomic mass is 10.1. The molecule has 110 valence electrons. The molecule has 1 aromatic carbocycles. The number of amides is 1. The van der Waals surface area contributed by atoms with Gasteiger partial charge in [-0.3, -0.25) is 4.79 Å². The fourth-order valence-electron chi connectivity index (χ4n) is 2.58. The van der Waals surface area contributed by atoms with Crippen molar-refractivity contribution in [2.24, 2.45) is 5.92 Å². The second-order valence-corrected chi connectivity index (χ2v) is 5.78. The lowest BCUT2D eigenvalue weighted by molar-refractivity contribution is 0.0707. The van der Waals surface area contributed by atoms with E-state index in [1.807, 2.05) is 4.90 Å². The zero-order valence-corrected chi connectivity index (χ0v) is 12.8. The number of hydrogen-bond acceptors (Lipinski definition) is 3. The van der Waals surface area contributed by atoms with Crippen LogP contribution >= 0.6 is 11.6 Å². The van der Waals surface area contributed by atoms with Crippen LogP contribution in [0.15, 0.2) is 24.3 Å². The van der Waals surface area contributed by atoms with Gasteiger partial charge in [-0.15, -0.1) is 0 Å². The molecule has 1 aliphatic heterocycles. The summed E-state index contributed by atoms with van der Waals surface area (Å²) < 4.78 is 5.25. The van der Waals surface area contributed by atoms with Crippen LogP contribution in [-0.2, 0) is 4.74 Å². The molecule has 4 nitrogen and oxygen atoms in total. The van der Waals surface area contributed by atoms with Crippen molar-refractivity contribution in [1.29, 1.82) is 0 Å².